The Hall–Kier alpha value is -2.67. The lowest BCUT2D eigenvalue weighted by atomic mass is 10.3. The summed E-state index contributed by atoms with van der Waals surface area (Å²) in [5.74, 6) is -0.110. The van der Waals surface area contributed by atoms with Gasteiger partial charge in [-0.2, -0.15) is 0 Å². The van der Waals surface area contributed by atoms with E-state index < -0.39 is 0 Å². The Morgan fingerprint density at radius 2 is 1.87 bits per heavy atom. The molecule has 3 rings (SSSR count). The van der Waals surface area contributed by atoms with Gasteiger partial charge in [-0.1, -0.05) is 11.6 Å². The Labute approximate surface area is 137 Å². The van der Waals surface area contributed by atoms with Crippen LogP contribution in [0.4, 0.5) is 16.4 Å². The van der Waals surface area contributed by atoms with Crippen molar-refractivity contribution in [2.24, 2.45) is 0 Å². The quantitative estimate of drug-likeness (QED) is 0.929. The number of rotatable bonds is 4. The van der Waals surface area contributed by atoms with Gasteiger partial charge in [0.05, 0.1) is 0 Å². The molecule has 23 heavy (non-hydrogen) atoms. The van der Waals surface area contributed by atoms with Crippen LogP contribution in [0.5, 0.6) is 0 Å². The first-order chi connectivity index (χ1) is 11.1. The summed E-state index contributed by atoms with van der Waals surface area (Å²) in [6.45, 7) is 0.960. The van der Waals surface area contributed by atoms with Gasteiger partial charge in [-0.05, 0) is 30.3 Å². The third-order valence-corrected chi connectivity index (χ3v) is 3.64. The molecule has 0 atom stereocenters. The van der Waals surface area contributed by atoms with Gasteiger partial charge in [0.15, 0.2) is 0 Å². The van der Waals surface area contributed by atoms with Gasteiger partial charge in [0.2, 0.25) is 11.9 Å². The normalized spacial score (nSPS) is 14.2. The summed E-state index contributed by atoms with van der Waals surface area (Å²) in [6, 6.07) is 8.46. The predicted molar refractivity (Wildman–Crippen MR) is 86.4 cm³/mol. The van der Waals surface area contributed by atoms with E-state index in [1.807, 2.05) is 0 Å². The van der Waals surface area contributed by atoms with Crippen molar-refractivity contribution in [3.63, 3.8) is 0 Å². The number of carbonyl (C=O) groups excluding carboxylic acids is 2. The topological polar surface area (TPSA) is 78.4 Å². The highest BCUT2D eigenvalue weighted by atomic mass is 35.5. The van der Waals surface area contributed by atoms with Crippen LogP contribution >= 0.6 is 11.6 Å². The molecule has 2 heterocycles. The van der Waals surface area contributed by atoms with Gasteiger partial charge in [0.25, 0.3) is 0 Å². The van der Waals surface area contributed by atoms with Crippen molar-refractivity contribution in [1.29, 1.82) is 0 Å². The van der Waals surface area contributed by atoms with Gasteiger partial charge in [0.1, 0.15) is 6.54 Å². The predicted octanol–water partition coefficient (Wildman–Crippen LogP) is 2.01. The molecule has 0 spiro atoms. The van der Waals surface area contributed by atoms with Crippen molar-refractivity contribution in [1.82, 2.24) is 14.9 Å². The second-order valence-corrected chi connectivity index (χ2v) is 5.39. The molecular formula is C15H14ClN5O2. The summed E-state index contributed by atoms with van der Waals surface area (Å²) < 4.78 is 0. The summed E-state index contributed by atoms with van der Waals surface area (Å²) in [7, 11) is 0. The molecule has 1 saturated heterocycles. The number of urea groups is 1. The van der Waals surface area contributed by atoms with Crippen molar-refractivity contribution < 1.29 is 9.59 Å². The van der Waals surface area contributed by atoms with Gasteiger partial charge >= 0.3 is 6.03 Å². The molecule has 1 aliphatic rings. The molecule has 1 aromatic heterocycles. The zero-order valence-electron chi connectivity index (χ0n) is 12.1. The minimum absolute atomic E-state index is 0.0405. The van der Waals surface area contributed by atoms with Gasteiger partial charge < -0.3 is 4.90 Å². The molecule has 0 unspecified atom stereocenters. The molecule has 0 saturated carbocycles. The number of benzene rings is 1. The maximum Gasteiger partial charge on any atom is 0.325 e. The molecule has 3 amide bonds. The van der Waals surface area contributed by atoms with Crippen LogP contribution in [0.2, 0.25) is 5.02 Å². The minimum atomic E-state index is -0.331. The van der Waals surface area contributed by atoms with E-state index in [2.05, 4.69) is 15.3 Å². The Kier molecular flexibility index (Phi) is 4.38. The molecule has 7 nitrogen and oxygen atoms in total. The zero-order valence-corrected chi connectivity index (χ0v) is 12.9. The molecule has 8 heteroatoms. The molecule has 0 bridgehead atoms. The highest BCUT2D eigenvalue weighted by molar-refractivity contribution is 6.30. The second kappa shape index (κ2) is 6.62. The number of hydrogen-bond acceptors (Lipinski definition) is 4. The molecular weight excluding hydrogens is 318 g/mol. The summed E-state index contributed by atoms with van der Waals surface area (Å²) >= 11 is 5.85. The van der Waals surface area contributed by atoms with E-state index in [0.717, 1.165) is 5.69 Å². The molecule has 0 aliphatic carbocycles. The maximum absolute atomic E-state index is 12.4. The number of amides is 3. The zero-order chi connectivity index (χ0) is 16.2. The summed E-state index contributed by atoms with van der Waals surface area (Å²) in [5, 5.41) is 3.17. The molecule has 1 N–H and O–H groups in total. The standard InChI is InChI=1S/C15H14ClN5O2/c16-11-2-4-12(5-3-11)21-9-8-20(15(21)23)10-13(22)19-14-17-6-1-7-18-14/h1-7H,8-10H2,(H,17,18,19,22). The first-order valence-corrected chi connectivity index (χ1v) is 7.40. The Morgan fingerprint density at radius 1 is 1.17 bits per heavy atom. The van der Waals surface area contributed by atoms with E-state index in [9.17, 15) is 9.59 Å². The number of anilines is 2. The number of halogens is 1. The summed E-state index contributed by atoms with van der Waals surface area (Å²) in [5.41, 5.74) is 0.758. The van der Waals surface area contributed by atoms with Crippen LogP contribution in [-0.2, 0) is 4.79 Å². The molecule has 1 aromatic carbocycles. The van der Waals surface area contributed by atoms with Gasteiger partial charge in [-0.25, -0.2) is 14.8 Å². The maximum atomic E-state index is 12.4. The fourth-order valence-electron chi connectivity index (χ4n) is 2.29. The average molecular weight is 332 g/mol. The van der Waals surface area contributed by atoms with E-state index in [4.69, 9.17) is 11.6 Å². The lowest BCUT2D eigenvalue weighted by molar-refractivity contribution is -0.116. The SMILES string of the molecule is O=C(CN1CCN(c2ccc(Cl)cc2)C1=O)Nc1ncccn1. The fourth-order valence-corrected chi connectivity index (χ4v) is 2.42. The average Bonchev–Trinajstić information content (AvgIpc) is 2.90. The number of aromatic nitrogens is 2. The first-order valence-electron chi connectivity index (χ1n) is 7.02. The van der Waals surface area contributed by atoms with Crippen molar-refractivity contribution in [2.75, 3.05) is 29.9 Å². The molecule has 1 aliphatic heterocycles. The van der Waals surface area contributed by atoms with Crippen molar-refractivity contribution >= 4 is 35.2 Å². The third kappa shape index (κ3) is 3.57. The molecule has 2 aromatic rings. The first kappa shape index (κ1) is 15.2. The fraction of sp³-hybridized carbons (Fsp3) is 0.200. The van der Waals surface area contributed by atoms with Crippen LogP contribution in [0.3, 0.4) is 0 Å². The van der Waals surface area contributed by atoms with Gasteiger partial charge in [-0.3, -0.25) is 15.0 Å². The lowest BCUT2D eigenvalue weighted by Gasteiger charge is -2.18. The largest absolute Gasteiger partial charge is 0.325 e. The highest BCUT2D eigenvalue weighted by Crippen LogP contribution is 2.22. The smallest absolute Gasteiger partial charge is 0.313 e. The minimum Gasteiger partial charge on any atom is -0.313 e. The lowest BCUT2D eigenvalue weighted by Crippen LogP contribution is -2.37. The Morgan fingerprint density at radius 3 is 2.57 bits per heavy atom. The molecule has 118 valence electrons. The van der Waals surface area contributed by atoms with Gasteiger partial charge in [-0.15, -0.1) is 0 Å². The van der Waals surface area contributed by atoms with Gasteiger partial charge in [0, 0.05) is 36.2 Å². The van der Waals surface area contributed by atoms with E-state index in [-0.39, 0.29) is 24.4 Å². The van der Waals surface area contributed by atoms with Crippen LogP contribution in [0, 0.1) is 0 Å². The van der Waals surface area contributed by atoms with E-state index >= 15 is 0 Å². The van der Waals surface area contributed by atoms with E-state index in [1.54, 1.807) is 35.2 Å². The molecule has 0 radical (unpaired) electrons. The highest BCUT2D eigenvalue weighted by Gasteiger charge is 2.30. The van der Waals surface area contributed by atoms with Crippen LogP contribution in [0.15, 0.2) is 42.7 Å². The summed E-state index contributed by atoms with van der Waals surface area (Å²) in [4.78, 5) is 35.3. The monoisotopic (exact) mass is 331 g/mol. The van der Waals surface area contributed by atoms with Crippen LogP contribution in [0.25, 0.3) is 0 Å². The van der Waals surface area contributed by atoms with Crippen LogP contribution in [-0.4, -0.2) is 46.4 Å². The van der Waals surface area contributed by atoms with Crippen LogP contribution in [0.1, 0.15) is 0 Å². The van der Waals surface area contributed by atoms with Crippen molar-refractivity contribution in [3.05, 3.63) is 47.7 Å². The van der Waals surface area contributed by atoms with Crippen LogP contribution < -0.4 is 10.2 Å². The number of nitrogens with one attached hydrogen (secondary N) is 1. The van der Waals surface area contributed by atoms with E-state index in [0.29, 0.717) is 18.1 Å². The number of hydrogen-bond donors (Lipinski definition) is 1. The molecule has 1 fully saturated rings. The number of carbonyl (C=O) groups is 2. The summed E-state index contributed by atoms with van der Waals surface area (Å²) in [6.07, 6.45) is 3.07. The Bertz CT molecular complexity index is 708. The van der Waals surface area contributed by atoms with Crippen molar-refractivity contribution in [2.45, 2.75) is 0 Å². The number of nitrogens with zero attached hydrogens (tertiary/aromatic N) is 4. The van der Waals surface area contributed by atoms with E-state index in [1.165, 1.54) is 17.3 Å². The Balaban J connectivity index is 1.61. The van der Waals surface area contributed by atoms with Crippen molar-refractivity contribution in [3.8, 4) is 0 Å². The second-order valence-electron chi connectivity index (χ2n) is 4.95. The third-order valence-electron chi connectivity index (χ3n) is 3.38.